The van der Waals surface area contributed by atoms with Crippen molar-refractivity contribution in [2.45, 2.75) is 32.6 Å². The van der Waals surface area contributed by atoms with Crippen LogP contribution in [-0.2, 0) is 33.6 Å². The summed E-state index contributed by atoms with van der Waals surface area (Å²) in [6.45, 7) is 1.76. The average molecular weight is 384 g/mol. The van der Waals surface area contributed by atoms with Crippen molar-refractivity contribution in [3.05, 3.63) is 58.2 Å². The van der Waals surface area contributed by atoms with Crippen LogP contribution in [0.1, 0.15) is 34.2 Å². The largest absolute Gasteiger partial charge is 0.508 e. The molecule has 148 valence electrons. The number of phenolic OH excluding ortho intramolecular Hbond substituents is 2. The number of esters is 1. The van der Waals surface area contributed by atoms with Crippen LogP contribution in [-0.4, -0.2) is 36.3 Å². The first-order chi connectivity index (χ1) is 13.4. The highest BCUT2D eigenvalue weighted by atomic mass is 16.5. The van der Waals surface area contributed by atoms with Crippen LogP contribution in [0.25, 0.3) is 0 Å². The summed E-state index contributed by atoms with van der Waals surface area (Å²) in [6, 6.07) is 6.82. The molecule has 2 N–H and O–H groups in total. The number of phenols is 2. The Kier molecular flexibility index (Phi) is 7.24. The van der Waals surface area contributed by atoms with Gasteiger partial charge in [0.05, 0.1) is 14.2 Å². The zero-order valence-electron chi connectivity index (χ0n) is 16.2. The molecule has 0 bridgehead atoms. The number of rotatable bonds is 8. The molecule has 0 saturated carbocycles. The molecule has 0 aliphatic heterocycles. The monoisotopic (exact) mass is 384 g/mol. The molecule has 0 amide bonds. The molecule has 2 rings (SSSR count). The normalized spacial score (nSPS) is 10.2. The van der Waals surface area contributed by atoms with Crippen LogP contribution < -0.4 is 4.74 Å². The van der Waals surface area contributed by atoms with Crippen LogP contribution in [0.4, 0.5) is 0 Å². The molecule has 0 heterocycles. The number of hydrogen-bond donors (Lipinski definition) is 2. The third-order valence-corrected chi connectivity index (χ3v) is 4.63. The van der Waals surface area contributed by atoms with Crippen LogP contribution >= 0.6 is 0 Å². The van der Waals surface area contributed by atoms with Crippen molar-refractivity contribution in [1.82, 2.24) is 0 Å². The molecule has 0 unspecified atom stereocenters. The molecule has 0 saturated heterocycles. The molecule has 2 aromatic rings. The van der Waals surface area contributed by atoms with E-state index < -0.39 is 0 Å². The van der Waals surface area contributed by atoms with Gasteiger partial charge in [0, 0.05) is 36.5 Å². The van der Waals surface area contributed by atoms with E-state index in [9.17, 15) is 19.8 Å². The zero-order valence-corrected chi connectivity index (χ0v) is 16.2. The minimum Gasteiger partial charge on any atom is -0.508 e. The maximum Gasteiger partial charge on any atom is 0.305 e. The van der Waals surface area contributed by atoms with Crippen LogP contribution in [0.15, 0.2) is 30.3 Å². The van der Waals surface area contributed by atoms with Gasteiger partial charge in [0.25, 0.3) is 0 Å². The molecule has 28 heavy (non-hydrogen) atoms. The van der Waals surface area contributed by atoms with Crippen molar-refractivity contribution < 1.29 is 29.3 Å². The Morgan fingerprint density at radius 1 is 1.18 bits per heavy atom. The van der Waals surface area contributed by atoms with Gasteiger partial charge >= 0.3 is 5.97 Å². The Labute approximate surface area is 164 Å². The van der Waals surface area contributed by atoms with Crippen molar-refractivity contribution in [3.63, 3.8) is 0 Å². The van der Waals surface area contributed by atoms with E-state index in [-0.39, 0.29) is 36.7 Å². The summed E-state index contributed by atoms with van der Waals surface area (Å²) in [5.41, 5.74) is 3.33. The number of carbonyl (C=O) groups excluding carboxylic acids is 2. The van der Waals surface area contributed by atoms with Gasteiger partial charge in [-0.3, -0.25) is 4.79 Å². The van der Waals surface area contributed by atoms with Crippen molar-refractivity contribution >= 4 is 11.9 Å². The average Bonchev–Trinajstić information content (AvgIpc) is 2.70. The maximum absolute atomic E-state index is 11.4. The smallest absolute Gasteiger partial charge is 0.305 e. The molecular formula is C22H24O6. The summed E-state index contributed by atoms with van der Waals surface area (Å²) >= 11 is 0. The minimum atomic E-state index is -0.307. The standard InChI is InChI=1S/C22H24O6/c1-14-11-20(27-2)17(5-4-10-23)18(22(14)26)13-16-12-15(6-8-19(16)24)7-9-21(25)28-3/h4,6,8,11-12,24,26H,5,7,9,13H2,1-3H3. The Morgan fingerprint density at radius 2 is 1.93 bits per heavy atom. The van der Waals surface area contributed by atoms with Gasteiger partial charge in [0.1, 0.15) is 23.2 Å². The van der Waals surface area contributed by atoms with Crippen LogP contribution in [0, 0.1) is 6.92 Å². The van der Waals surface area contributed by atoms with Crippen LogP contribution in [0.2, 0.25) is 0 Å². The van der Waals surface area contributed by atoms with Gasteiger partial charge in [-0.2, -0.15) is 0 Å². The molecule has 6 nitrogen and oxygen atoms in total. The van der Waals surface area contributed by atoms with E-state index in [4.69, 9.17) is 4.74 Å². The summed E-state index contributed by atoms with van der Waals surface area (Å²) < 4.78 is 10.1. The molecule has 2 aromatic carbocycles. The Bertz CT molecular complexity index is 910. The summed E-state index contributed by atoms with van der Waals surface area (Å²) in [5.74, 6) is 2.16. The van der Waals surface area contributed by atoms with Gasteiger partial charge in [-0.25, -0.2) is 4.79 Å². The van der Waals surface area contributed by atoms with Gasteiger partial charge in [-0.05, 0) is 42.2 Å². The topological polar surface area (TPSA) is 93.1 Å². The fourth-order valence-electron chi connectivity index (χ4n) is 3.10. The number of aromatic hydroxyl groups is 2. The number of aryl methyl sites for hydroxylation is 2. The fourth-order valence-corrected chi connectivity index (χ4v) is 3.10. The molecular weight excluding hydrogens is 360 g/mol. The van der Waals surface area contributed by atoms with E-state index in [1.807, 2.05) is 0 Å². The summed E-state index contributed by atoms with van der Waals surface area (Å²) in [4.78, 5) is 22.1. The molecule has 0 aliphatic rings. The highest BCUT2D eigenvalue weighted by Crippen LogP contribution is 2.37. The number of benzene rings is 2. The van der Waals surface area contributed by atoms with Gasteiger partial charge in [0.2, 0.25) is 0 Å². The van der Waals surface area contributed by atoms with Crippen LogP contribution in [0.5, 0.6) is 17.2 Å². The molecule has 0 fully saturated rings. The zero-order chi connectivity index (χ0) is 20.7. The molecule has 0 atom stereocenters. The van der Waals surface area contributed by atoms with E-state index in [1.54, 1.807) is 37.1 Å². The lowest BCUT2D eigenvalue weighted by molar-refractivity contribution is -0.140. The lowest BCUT2D eigenvalue weighted by Crippen LogP contribution is -2.04. The molecule has 6 heteroatoms. The van der Waals surface area contributed by atoms with E-state index in [0.717, 1.165) is 5.56 Å². The number of allylic oxidation sites excluding steroid dienone is 1. The third-order valence-electron chi connectivity index (χ3n) is 4.63. The predicted octanol–water partition coefficient (Wildman–Crippen LogP) is 3.04. The Morgan fingerprint density at radius 3 is 2.57 bits per heavy atom. The second-order valence-electron chi connectivity index (χ2n) is 6.44. The van der Waals surface area contributed by atoms with Gasteiger partial charge in [0.15, 0.2) is 0 Å². The number of carbonyl (C=O) groups is 1. The number of ether oxygens (including phenoxy) is 2. The first-order valence-corrected chi connectivity index (χ1v) is 8.86. The molecule has 0 radical (unpaired) electrons. The van der Waals surface area contributed by atoms with Gasteiger partial charge in [-0.1, -0.05) is 12.1 Å². The quantitative estimate of drug-likeness (QED) is 0.537. The first kappa shape index (κ1) is 21.1. The second-order valence-corrected chi connectivity index (χ2v) is 6.44. The Hall–Kier alpha value is -3.24. The SMILES string of the molecule is COC(=O)CCc1ccc(O)c(Cc2c(O)c(C)cc(OC)c2CC=C=O)c1. The van der Waals surface area contributed by atoms with Crippen molar-refractivity contribution in [2.24, 2.45) is 0 Å². The van der Waals surface area contributed by atoms with Gasteiger partial charge < -0.3 is 19.7 Å². The number of methoxy groups -OCH3 is 2. The molecule has 0 spiro atoms. The highest BCUT2D eigenvalue weighted by Gasteiger charge is 2.18. The van der Waals surface area contributed by atoms with E-state index >= 15 is 0 Å². The van der Waals surface area contributed by atoms with Crippen molar-refractivity contribution in [3.8, 4) is 17.2 Å². The lowest BCUT2D eigenvalue weighted by atomic mass is 9.92. The minimum absolute atomic E-state index is 0.0820. The number of hydrogen-bond acceptors (Lipinski definition) is 6. The first-order valence-electron chi connectivity index (χ1n) is 8.86. The summed E-state index contributed by atoms with van der Waals surface area (Å²) in [5, 5.41) is 20.9. The second kappa shape index (κ2) is 9.62. The molecule has 0 aliphatic carbocycles. The molecule has 0 aromatic heterocycles. The van der Waals surface area contributed by atoms with E-state index in [1.165, 1.54) is 20.3 Å². The highest BCUT2D eigenvalue weighted by molar-refractivity contribution is 5.69. The summed E-state index contributed by atoms with van der Waals surface area (Å²) in [6.07, 6.45) is 2.52. The third kappa shape index (κ3) is 4.93. The van der Waals surface area contributed by atoms with Crippen molar-refractivity contribution in [1.29, 1.82) is 0 Å². The van der Waals surface area contributed by atoms with Crippen molar-refractivity contribution in [2.75, 3.05) is 14.2 Å². The van der Waals surface area contributed by atoms with E-state index in [0.29, 0.717) is 34.4 Å². The lowest BCUT2D eigenvalue weighted by Gasteiger charge is -2.17. The Balaban J connectivity index is 2.45. The van der Waals surface area contributed by atoms with Gasteiger partial charge in [-0.15, -0.1) is 0 Å². The van der Waals surface area contributed by atoms with Crippen LogP contribution in [0.3, 0.4) is 0 Å². The fraction of sp³-hybridized carbons (Fsp3) is 0.318. The summed E-state index contributed by atoms with van der Waals surface area (Å²) in [7, 11) is 2.86. The maximum atomic E-state index is 11.4. The predicted molar refractivity (Wildman–Crippen MR) is 105 cm³/mol. The van der Waals surface area contributed by atoms with E-state index in [2.05, 4.69) is 4.74 Å².